The third-order valence-corrected chi connectivity index (χ3v) is 14.5. The van der Waals surface area contributed by atoms with Crippen LogP contribution in [0.1, 0.15) is 22.3 Å². The number of rotatable bonds is 5. The summed E-state index contributed by atoms with van der Waals surface area (Å²) < 4.78 is 36.8. The van der Waals surface area contributed by atoms with Crippen LogP contribution in [0.3, 0.4) is 0 Å². The van der Waals surface area contributed by atoms with Crippen molar-refractivity contribution in [1.82, 2.24) is 4.57 Å². The summed E-state index contributed by atoms with van der Waals surface area (Å²) >= 11 is 0. The second-order valence-electron chi connectivity index (χ2n) is 15.9. The Labute approximate surface area is 359 Å². The van der Waals surface area contributed by atoms with Crippen LogP contribution in [0.5, 0.6) is 11.5 Å². The zero-order chi connectivity index (χ0) is 41.6. The van der Waals surface area contributed by atoms with Crippen LogP contribution >= 0.6 is 0 Å². The van der Waals surface area contributed by atoms with Gasteiger partial charge in [0.1, 0.15) is 11.5 Å². The minimum Gasteiger partial charge on any atom is -0.457 e. The van der Waals surface area contributed by atoms with Gasteiger partial charge >= 0.3 is 0 Å². The molecule has 0 fully saturated rings. The Morgan fingerprint density at radius 3 is 1.61 bits per heavy atom. The highest BCUT2D eigenvalue weighted by Gasteiger charge is 2.51. The normalized spacial score (nSPS) is 13.2. The van der Waals surface area contributed by atoms with Crippen LogP contribution in [-0.2, 0) is 15.3 Å². The molecule has 62 heavy (non-hydrogen) atoms. The molecule has 0 unspecified atom stereocenters. The third-order valence-electron chi connectivity index (χ3n) is 12.7. The maximum atomic E-state index is 13.8. The zero-order valence-electron chi connectivity index (χ0n) is 33.2. The maximum Gasteiger partial charge on any atom is 0.206 e. The average Bonchev–Trinajstić information content (AvgIpc) is 3.82. The lowest BCUT2D eigenvalue weighted by atomic mass is 9.65. The standard InChI is InChI=1S/C56H34N2O3S/c1-57-40-26-28-53-47(35-40)46-32-37(23-27-52(46)58(53)41-14-4-2-5-15-41)39-25-30-55-51(34-39)56(48-21-10-8-19-44(48)45-20-9-11-22-49(45)56)50-33-38(24-29-54(50)61-55)36-13-12-18-43(31-36)62(59,60)42-16-6-3-7-17-42/h2-35H. The van der Waals surface area contributed by atoms with Crippen molar-refractivity contribution in [2.24, 2.45) is 0 Å². The minimum atomic E-state index is -3.74. The van der Waals surface area contributed by atoms with Crippen molar-refractivity contribution in [3.8, 4) is 50.6 Å². The van der Waals surface area contributed by atoms with Crippen LogP contribution < -0.4 is 4.74 Å². The van der Waals surface area contributed by atoms with E-state index in [2.05, 4.69) is 119 Å². The van der Waals surface area contributed by atoms with E-state index in [4.69, 9.17) is 11.3 Å². The minimum absolute atomic E-state index is 0.241. The van der Waals surface area contributed by atoms with E-state index in [1.165, 1.54) is 11.1 Å². The molecule has 0 atom stereocenters. The highest BCUT2D eigenvalue weighted by molar-refractivity contribution is 7.91. The van der Waals surface area contributed by atoms with Crippen molar-refractivity contribution >= 4 is 37.3 Å². The first-order valence-electron chi connectivity index (χ1n) is 20.5. The van der Waals surface area contributed by atoms with Crippen molar-refractivity contribution in [1.29, 1.82) is 0 Å². The fourth-order valence-electron chi connectivity index (χ4n) is 9.96. The number of hydrogen-bond acceptors (Lipinski definition) is 3. The Kier molecular flexibility index (Phi) is 7.83. The molecule has 0 saturated carbocycles. The van der Waals surface area contributed by atoms with Gasteiger partial charge in [0.05, 0.1) is 32.8 Å². The third kappa shape index (κ3) is 5.16. The monoisotopic (exact) mass is 814 g/mol. The number of hydrogen-bond donors (Lipinski definition) is 0. The molecule has 0 radical (unpaired) electrons. The summed E-state index contributed by atoms with van der Waals surface area (Å²) in [6.07, 6.45) is 0. The van der Waals surface area contributed by atoms with Gasteiger partial charge in [0.25, 0.3) is 0 Å². The van der Waals surface area contributed by atoms with Crippen LogP contribution in [0.2, 0.25) is 0 Å². The van der Waals surface area contributed by atoms with Gasteiger partial charge in [-0.1, -0.05) is 121 Å². The summed E-state index contributed by atoms with van der Waals surface area (Å²) in [4.78, 5) is 4.29. The number of nitrogens with zero attached hydrogens (tertiary/aromatic N) is 2. The molecule has 292 valence electrons. The van der Waals surface area contributed by atoms with Crippen molar-refractivity contribution in [2.45, 2.75) is 15.2 Å². The lowest BCUT2D eigenvalue weighted by Gasteiger charge is -2.40. The van der Waals surface area contributed by atoms with E-state index in [-0.39, 0.29) is 9.79 Å². The van der Waals surface area contributed by atoms with Crippen LogP contribution in [0.4, 0.5) is 5.69 Å². The lowest BCUT2D eigenvalue weighted by Crippen LogP contribution is -2.32. The summed E-state index contributed by atoms with van der Waals surface area (Å²) in [7, 11) is -3.74. The topological polar surface area (TPSA) is 52.7 Å². The Balaban J connectivity index is 1.07. The maximum absolute atomic E-state index is 13.8. The van der Waals surface area contributed by atoms with E-state index in [9.17, 15) is 8.42 Å². The molecule has 0 amide bonds. The van der Waals surface area contributed by atoms with Crippen LogP contribution in [0, 0.1) is 6.57 Å². The number of fused-ring (bicyclic) bond motifs is 12. The largest absolute Gasteiger partial charge is 0.457 e. The first-order valence-corrected chi connectivity index (χ1v) is 22.0. The van der Waals surface area contributed by atoms with Gasteiger partial charge in [-0.2, -0.15) is 0 Å². The van der Waals surface area contributed by atoms with Crippen LogP contribution in [0.15, 0.2) is 216 Å². The van der Waals surface area contributed by atoms with Crippen molar-refractivity contribution < 1.29 is 13.2 Å². The summed E-state index contributed by atoms with van der Waals surface area (Å²) in [5, 5.41) is 2.09. The quantitative estimate of drug-likeness (QED) is 0.163. The average molecular weight is 815 g/mol. The summed E-state index contributed by atoms with van der Waals surface area (Å²) in [6, 6.07) is 68.8. The molecule has 9 aromatic carbocycles. The SMILES string of the molecule is [C-]#[N+]c1ccc2c(c1)c1cc(-c3ccc4c(c3)C3(c5cc(-c6cccc(S(=O)(=O)c7ccccc7)c6)ccc5O4)c4ccccc4-c4ccccc43)ccc1n2-c1ccccc1. The Morgan fingerprint density at radius 2 is 0.968 bits per heavy atom. The predicted octanol–water partition coefficient (Wildman–Crippen LogP) is 14.0. The molecule has 5 nitrogen and oxygen atoms in total. The van der Waals surface area contributed by atoms with Crippen molar-refractivity contribution in [2.75, 3.05) is 0 Å². The molecule has 12 rings (SSSR count). The number of ether oxygens (including phenoxy) is 1. The Hall–Kier alpha value is -7.98. The molecule has 1 aromatic heterocycles. The number of para-hydroxylation sites is 1. The van der Waals surface area contributed by atoms with E-state index in [1.54, 1.807) is 36.4 Å². The lowest BCUT2D eigenvalue weighted by molar-refractivity contribution is 0.436. The van der Waals surface area contributed by atoms with Gasteiger partial charge in [-0.3, -0.25) is 0 Å². The van der Waals surface area contributed by atoms with Gasteiger partial charge in [0.15, 0.2) is 5.69 Å². The molecule has 2 heterocycles. The molecule has 1 spiro atoms. The van der Waals surface area contributed by atoms with E-state index in [1.807, 2.05) is 60.7 Å². The molecule has 2 aliphatic rings. The molecule has 10 aromatic rings. The number of benzene rings is 9. The first kappa shape index (κ1) is 35.9. The van der Waals surface area contributed by atoms with Gasteiger partial charge in [0.2, 0.25) is 9.84 Å². The summed E-state index contributed by atoms with van der Waals surface area (Å²) in [5.41, 5.74) is 13.5. The summed E-state index contributed by atoms with van der Waals surface area (Å²) in [6.45, 7) is 7.81. The number of sulfone groups is 1. The van der Waals surface area contributed by atoms with Gasteiger partial charge in [-0.25, -0.2) is 13.3 Å². The molecule has 0 saturated heterocycles. The van der Waals surface area contributed by atoms with Gasteiger partial charge in [-0.15, -0.1) is 0 Å². The van der Waals surface area contributed by atoms with Gasteiger partial charge in [-0.05, 0) is 135 Å². The second kappa shape index (κ2) is 13.5. The smallest absolute Gasteiger partial charge is 0.206 e. The second-order valence-corrected chi connectivity index (χ2v) is 17.9. The highest BCUT2D eigenvalue weighted by atomic mass is 32.2. The fraction of sp³-hybridized carbons (Fsp3) is 0.0179. The zero-order valence-corrected chi connectivity index (χ0v) is 34.0. The van der Waals surface area contributed by atoms with E-state index < -0.39 is 15.3 Å². The molecule has 0 N–H and O–H groups in total. The fourth-order valence-corrected chi connectivity index (χ4v) is 11.3. The van der Waals surface area contributed by atoms with Crippen LogP contribution in [0.25, 0.3) is 65.7 Å². The predicted molar refractivity (Wildman–Crippen MR) is 247 cm³/mol. The van der Waals surface area contributed by atoms with Crippen LogP contribution in [-0.4, -0.2) is 13.0 Å². The van der Waals surface area contributed by atoms with E-state index >= 15 is 0 Å². The van der Waals surface area contributed by atoms with Gasteiger partial charge in [0, 0.05) is 22.2 Å². The molecule has 1 aliphatic heterocycles. The first-order chi connectivity index (χ1) is 30.4. The van der Waals surface area contributed by atoms with Crippen molar-refractivity contribution in [3.63, 3.8) is 0 Å². The number of aromatic nitrogens is 1. The molecule has 6 heteroatoms. The van der Waals surface area contributed by atoms with Gasteiger partial charge < -0.3 is 9.30 Å². The van der Waals surface area contributed by atoms with E-state index in [0.29, 0.717) is 5.69 Å². The Bertz CT molecular complexity index is 3600. The Morgan fingerprint density at radius 1 is 0.452 bits per heavy atom. The summed E-state index contributed by atoms with van der Waals surface area (Å²) in [5.74, 6) is 1.53. The molecular weight excluding hydrogens is 781 g/mol. The van der Waals surface area contributed by atoms with Crippen molar-refractivity contribution in [3.05, 3.63) is 240 Å². The highest BCUT2D eigenvalue weighted by Crippen LogP contribution is 2.62. The molecule has 1 aliphatic carbocycles. The molecule has 0 bridgehead atoms. The van der Waals surface area contributed by atoms with E-state index in [0.717, 1.165) is 83.5 Å². The molecular formula is C56H34N2O3S.